The first-order valence-corrected chi connectivity index (χ1v) is 10.8. The van der Waals surface area contributed by atoms with Gasteiger partial charge in [0.1, 0.15) is 14.6 Å². The SMILES string of the molecule is [B]c1cc(C(C)=O)c2ncn(COCC[Si](C)(C)C)c2c1. The maximum atomic E-state index is 11.7. The number of hydrogen-bond donors (Lipinski definition) is 0. The maximum absolute atomic E-state index is 11.7. The van der Waals surface area contributed by atoms with Gasteiger partial charge < -0.3 is 9.30 Å². The Hall–Kier alpha value is -1.40. The van der Waals surface area contributed by atoms with Crippen LogP contribution in [0.3, 0.4) is 0 Å². The highest BCUT2D eigenvalue weighted by Gasteiger charge is 2.14. The summed E-state index contributed by atoms with van der Waals surface area (Å²) in [6, 6.07) is 4.63. The topological polar surface area (TPSA) is 44.1 Å². The molecule has 0 saturated heterocycles. The van der Waals surface area contributed by atoms with Crippen LogP contribution in [0.1, 0.15) is 17.3 Å². The zero-order valence-corrected chi connectivity index (χ0v) is 14.1. The van der Waals surface area contributed by atoms with Crippen molar-refractivity contribution in [2.24, 2.45) is 0 Å². The minimum Gasteiger partial charge on any atom is -0.361 e. The lowest BCUT2D eigenvalue weighted by Crippen LogP contribution is -2.22. The van der Waals surface area contributed by atoms with Crippen LogP contribution < -0.4 is 5.46 Å². The van der Waals surface area contributed by atoms with E-state index in [4.69, 9.17) is 12.6 Å². The molecule has 2 radical (unpaired) electrons. The fourth-order valence-corrected chi connectivity index (χ4v) is 2.85. The van der Waals surface area contributed by atoms with Crippen LogP contribution in [0.5, 0.6) is 0 Å². The van der Waals surface area contributed by atoms with Crippen molar-refractivity contribution in [1.29, 1.82) is 0 Å². The number of Topliss-reactive ketones (excluding diaryl/α,β-unsaturated/α-hetero) is 1. The molecular weight excluding hydrogens is 279 g/mol. The number of nitrogens with zero attached hydrogens (tertiary/aromatic N) is 2. The van der Waals surface area contributed by atoms with Crippen LogP contribution in [0, 0.1) is 0 Å². The highest BCUT2D eigenvalue weighted by atomic mass is 28.3. The van der Waals surface area contributed by atoms with Crippen LogP contribution in [0.15, 0.2) is 18.5 Å². The van der Waals surface area contributed by atoms with Crippen LogP contribution in [-0.4, -0.2) is 37.9 Å². The molecule has 0 bridgehead atoms. The fraction of sp³-hybridized carbons (Fsp3) is 0.467. The predicted octanol–water partition coefficient (Wildman–Crippen LogP) is 2.35. The van der Waals surface area contributed by atoms with Crippen molar-refractivity contribution in [3.63, 3.8) is 0 Å². The van der Waals surface area contributed by atoms with Crippen LogP contribution >= 0.6 is 0 Å². The summed E-state index contributed by atoms with van der Waals surface area (Å²) in [4.78, 5) is 16.0. The third-order valence-corrected chi connectivity index (χ3v) is 5.06. The smallest absolute Gasteiger partial charge is 0.162 e. The number of benzene rings is 1. The van der Waals surface area contributed by atoms with Crippen molar-refractivity contribution in [2.45, 2.75) is 39.3 Å². The lowest BCUT2D eigenvalue weighted by molar-refractivity contribution is 0.0898. The highest BCUT2D eigenvalue weighted by Crippen LogP contribution is 2.17. The van der Waals surface area contributed by atoms with E-state index in [2.05, 4.69) is 24.6 Å². The van der Waals surface area contributed by atoms with Gasteiger partial charge >= 0.3 is 0 Å². The molecule has 0 saturated carbocycles. The van der Waals surface area contributed by atoms with E-state index in [9.17, 15) is 4.79 Å². The third-order valence-electron chi connectivity index (χ3n) is 3.35. The number of hydrogen-bond acceptors (Lipinski definition) is 3. The molecule has 1 aromatic heterocycles. The molecule has 0 aliphatic carbocycles. The summed E-state index contributed by atoms with van der Waals surface area (Å²) in [5, 5.41) is 0. The monoisotopic (exact) mass is 300 g/mol. The van der Waals surface area contributed by atoms with Crippen molar-refractivity contribution in [1.82, 2.24) is 9.55 Å². The van der Waals surface area contributed by atoms with Crippen LogP contribution in [0.2, 0.25) is 25.7 Å². The third kappa shape index (κ3) is 4.05. The van der Waals surface area contributed by atoms with Crippen molar-refractivity contribution < 1.29 is 9.53 Å². The van der Waals surface area contributed by atoms with Gasteiger partial charge in [0.15, 0.2) is 5.78 Å². The molecule has 0 unspecified atom stereocenters. The maximum Gasteiger partial charge on any atom is 0.162 e. The molecule has 1 heterocycles. The number of rotatable bonds is 6. The molecule has 0 N–H and O–H groups in total. The lowest BCUT2D eigenvalue weighted by Gasteiger charge is -2.15. The lowest BCUT2D eigenvalue weighted by atomic mass is 9.92. The Bertz CT molecular complexity index is 661. The number of aromatic nitrogens is 2. The molecule has 0 atom stereocenters. The molecule has 6 heteroatoms. The van der Waals surface area contributed by atoms with Crippen molar-refractivity contribution >= 4 is 38.2 Å². The van der Waals surface area contributed by atoms with E-state index in [1.165, 1.54) is 6.92 Å². The van der Waals surface area contributed by atoms with Crippen molar-refractivity contribution in [3.8, 4) is 0 Å². The van der Waals surface area contributed by atoms with E-state index in [0.29, 0.717) is 23.3 Å². The number of carbonyl (C=O) groups is 1. The van der Waals surface area contributed by atoms with E-state index in [0.717, 1.165) is 18.2 Å². The van der Waals surface area contributed by atoms with Gasteiger partial charge in [-0.2, -0.15) is 0 Å². The molecule has 2 aromatic rings. The Morgan fingerprint density at radius 2 is 2.10 bits per heavy atom. The van der Waals surface area contributed by atoms with E-state index in [-0.39, 0.29) is 5.78 Å². The van der Waals surface area contributed by atoms with Gasteiger partial charge in [0, 0.05) is 20.2 Å². The van der Waals surface area contributed by atoms with E-state index < -0.39 is 8.07 Å². The first-order valence-electron chi connectivity index (χ1n) is 7.11. The van der Waals surface area contributed by atoms with E-state index >= 15 is 0 Å². The van der Waals surface area contributed by atoms with Gasteiger partial charge in [-0.15, -0.1) is 0 Å². The van der Waals surface area contributed by atoms with Crippen molar-refractivity contribution in [3.05, 3.63) is 24.0 Å². The van der Waals surface area contributed by atoms with Crippen LogP contribution in [0.4, 0.5) is 0 Å². The van der Waals surface area contributed by atoms with E-state index in [1.807, 2.05) is 10.6 Å². The van der Waals surface area contributed by atoms with Crippen LogP contribution in [0.25, 0.3) is 11.0 Å². The Balaban J connectivity index is 2.16. The number of ether oxygens (including phenoxy) is 1. The largest absolute Gasteiger partial charge is 0.361 e. The Kier molecular flexibility index (Phi) is 4.68. The second-order valence-corrected chi connectivity index (χ2v) is 12.2. The number of ketones is 1. The highest BCUT2D eigenvalue weighted by molar-refractivity contribution is 6.76. The van der Waals surface area contributed by atoms with Gasteiger partial charge in [-0.05, 0) is 19.0 Å². The molecule has 21 heavy (non-hydrogen) atoms. The number of imidazole rings is 1. The predicted molar refractivity (Wildman–Crippen MR) is 89.2 cm³/mol. The second kappa shape index (κ2) is 6.15. The minimum atomic E-state index is -1.08. The Morgan fingerprint density at radius 1 is 1.38 bits per heavy atom. The van der Waals surface area contributed by atoms with Gasteiger partial charge in [0.2, 0.25) is 0 Å². The summed E-state index contributed by atoms with van der Waals surface area (Å²) in [5.74, 6) is -0.0304. The summed E-state index contributed by atoms with van der Waals surface area (Å²) < 4.78 is 7.63. The first-order chi connectivity index (χ1) is 9.78. The first kappa shape index (κ1) is 16.0. The van der Waals surface area contributed by atoms with Gasteiger partial charge in [-0.3, -0.25) is 4.79 Å². The molecule has 0 amide bonds. The summed E-state index contributed by atoms with van der Waals surface area (Å²) in [6.07, 6.45) is 1.70. The molecule has 1 aromatic carbocycles. The zero-order chi connectivity index (χ0) is 15.6. The molecule has 4 nitrogen and oxygen atoms in total. The molecule has 0 fully saturated rings. The zero-order valence-electron chi connectivity index (χ0n) is 13.1. The Morgan fingerprint density at radius 3 is 2.71 bits per heavy atom. The van der Waals surface area contributed by atoms with Crippen LogP contribution in [-0.2, 0) is 11.5 Å². The summed E-state index contributed by atoms with van der Waals surface area (Å²) in [5.41, 5.74) is 2.65. The van der Waals surface area contributed by atoms with Gasteiger partial charge in [-0.25, -0.2) is 4.98 Å². The van der Waals surface area contributed by atoms with Gasteiger partial charge in [0.05, 0.1) is 17.4 Å². The molecule has 0 aliphatic rings. The van der Waals surface area contributed by atoms with Gasteiger partial charge in [-0.1, -0.05) is 31.2 Å². The minimum absolute atomic E-state index is 0.0304. The summed E-state index contributed by atoms with van der Waals surface area (Å²) >= 11 is 0. The van der Waals surface area contributed by atoms with Gasteiger partial charge in [0.25, 0.3) is 0 Å². The average Bonchev–Trinajstić information content (AvgIpc) is 2.75. The van der Waals surface area contributed by atoms with Crippen molar-refractivity contribution in [2.75, 3.05) is 6.61 Å². The molecule has 110 valence electrons. The fourth-order valence-electron chi connectivity index (χ4n) is 2.10. The summed E-state index contributed by atoms with van der Waals surface area (Å²) in [7, 11) is 4.79. The Labute approximate surface area is 127 Å². The quantitative estimate of drug-likeness (QED) is 0.467. The normalized spacial score (nSPS) is 12.0. The standard InChI is InChI=1S/C15H21BN2O2Si/c1-11(19)13-7-12(16)8-14-15(13)17-9-18(14)10-20-5-6-21(2,3)4/h7-9H,5-6,10H2,1-4H3. The number of carbonyl (C=O) groups excluding carboxylic acids is 1. The number of fused-ring (bicyclic) bond motifs is 1. The molecular formula is C15H21BN2O2Si. The second-order valence-electron chi connectivity index (χ2n) is 6.55. The molecule has 0 spiro atoms. The molecule has 2 rings (SSSR count). The average molecular weight is 300 g/mol. The summed E-state index contributed by atoms with van der Waals surface area (Å²) in [6.45, 7) is 9.67. The van der Waals surface area contributed by atoms with E-state index in [1.54, 1.807) is 12.4 Å². The molecule has 0 aliphatic heterocycles.